The Bertz CT molecular complexity index is 989. The second kappa shape index (κ2) is 7.70. The normalized spacial score (nSPS) is 21.6. The lowest BCUT2D eigenvalue weighted by atomic mass is 9.97. The number of anilines is 1. The van der Waals surface area contributed by atoms with E-state index < -0.39 is 0 Å². The van der Waals surface area contributed by atoms with E-state index in [9.17, 15) is 4.79 Å². The molecule has 2 aromatic rings. The van der Waals surface area contributed by atoms with E-state index in [0.29, 0.717) is 11.0 Å². The number of allylic oxidation sites excluding steroid dienone is 1. The van der Waals surface area contributed by atoms with Crippen LogP contribution in [0.3, 0.4) is 0 Å². The monoisotopic (exact) mass is 411 g/mol. The van der Waals surface area contributed by atoms with Crippen LogP contribution in [0.4, 0.5) is 5.95 Å². The van der Waals surface area contributed by atoms with Crippen LogP contribution in [-0.2, 0) is 13.5 Å². The predicted octanol–water partition coefficient (Wildman–Crippen LogP) is 2.51. The number of hydrogen-bond donors (Lipinski definition) is 1. The van der Waals surface area contributed by atoms with E-state index in [1.165, 1.54) is 20.8 Å². The van der Waals surface area contributed by atoms with Gasteiger partial charge in [0.05, 0.1) is 17.6 Å². The Morgan fingerprint density at radius 1 is 1.28 bits per heavy atom. The summed E-state index contributed by atoms with van der Waals surface area (Å²) in [6.45, 7) is 1.66. The van der Waals surface area contributed by atoms with Crippen molar-refractivity contribution in [1.82, 2.24) is 30.5 Å². The van der Waals surface area contributed by atoms with Gasteiger partial charge in [-0.3, -0.25) is 4.79 Å². The highest BCUT2D eigenvalue weighted by Crippen LogP contribution is 2.38. The number of carbonyl (C=O) groups is 1. The minimum atomic E-state index is -0.0335. The number of rotatable bonds is 3. The maximum absolute atomic E-state index is 12.8. The molecule has 0 saturated carbocycles. The first kappa shape index (κ1) is 18.5. The van der Waals surface area contributed by atoms with Gasteiger partial charge in [-0.2, -0.15) is 4.80 Å². The predicted molar refractivity (Wildman–Crippen MR) is 112 cm³/mol. The largest absolute Gasteiger partial charge is 0.347 e. The molecule has 1 unspecified atom stereocenters. The average molecular weight is 412 g/mol. The van der Waals surface area contributed by atoms with Gasteiger partial charge in [0.25, 0.3) is 11.9 Å². The third kappa shape index (κ3) is 3.71. The van der Waals surface area contributed by atoms with Gasteiger partial charge in [0.1, 0.15) is 0 Å². The van der Waals surface area contributed by atoms with Gasteiger partial charge in [0.15, 0.2) is 5.01 Å². The second-order valence-corrected chi connectivity index (χ2v) is 8.93. The number of nitrogens with one attached hydrogen (secondary N) is 1. The zero-order valence-electron chi connectivity index (χ0n) is 16.6. The van der Waals surface area contributed by atoms with Crippen molar-refractivity contribution in [1.29, 1.82) is 0 Å². The summed E-state index contributed by atoms with van der Waals surface area (Å²) in [5.41, 5.74) is 3.88. The molecule has 2 aromatic heterocycles. The van der Waals surface area contributed by atoms with Crippen molar-refractivity contribution in [3.8, 4) is 0 Å². The van der Waals surface area contributed by atoms with E-state index in [2.05, 4.69) is 37.8 Å². The lowest BCUT2D eigenvalue weighted by Crippen LogP contribution is -2.35. The van der Waals surface area contributed by atoms with E-state index >= 15 is 0 Å². The molecule has 3 heterocycles. The Balaban J connectivity index is 1.40. The number of fused-ring (bicyclic) bond motifs is 2. The fourth-order valence-corrected chi connectivity index (χ4v) is 5.48. The Hall–Kier alpha value is -2.55. The molecule has 0 bridgehead atoms. The van der Waals surface area contributed by atoms with Crippen molar-refractivity contribution in [2.75, 3.05) is 18.0 Å². The maximum atomic E-state index is 12.8. The topological polar surface area (TPSA) is 88.8 Å². The molecule has 2 aliphatic carbocycles. The Kier molecular flexibility index (Phi) is 4.91. The Labute approximate surface area is 173 Å². The van der Waals surface area contributed by atoms with Gasteiger partial charge in [-0.15, -0.1) is 16.4 Å². The van der Waals surface area contributed by atoms with Crippen LogP contribution in [0.25, 0.3) is 5.57 Å². The molecule has 1 N–H and O–H groups in total. The van der Waals surface area contributed by atoms with Crippen LogP contribution in [0.2, 0.25) is 0 Å². The molecule has 29 heavy (non-hydrogen) atoms. The molecule has 1 aliphatic heterocycles. The van der Waals surface area contributed by atoms with Gasteiger partial charge < -0.3 is 10.2 Å². The summed E-state index contributed by atoms with van der Waals surface area (Å²) >= 11 is 1.55. The van der Waals surface area contributed by atoms with Crippen LogP contribution in [0, 0.1) is 0 Å². The van der Waals surface area contributed by atoms with Gasteiger partial charge in [-0.25, -0.2) is 4.98 Å². The molecule has 0 fully saturated rings. The fraction of sp³-hybridized carbons (Fsp3) is 0.550. The summed E-state index contributed by atoms with van der Waals surface area (Å²) in [5.74, 6) is 0.631. The van der Waals surface area contributed by atoms with Crippen molar-refractivity contribution in [2.24, 2.45) is 7.05 Å². The third-order valence-corrected chi connectivity index (χ3v) is 7.06. The standard InChI is InChI=1S/C20H25N7OS/c1-26-24-20(23-25-26)27-11-10-13-6-5-9-16-17(15(13)12-27)29-19(22-16)18(28)21-14-7-3-2-4-8-14/h2-3,14H,4-12H2,1H3,(H,21,28). The Morgan fingerprint density at radius 3 is 3.00 bits per heavy atom. The smallest absolute Gasteiger partial charge is 0.280 e. The molecule has 152 valence electrons. The molecule has 1 atom stereocenters. The van der Waals surface area contributed by atoms with Crippen LogP contribution in [0.15, 0.2) is 17.7 Å². The molecule has 9 heteroatoms. The van der Waals surface area contributed by atoms with Crippen molar-refractivity contribution < 1.29 is 4.79 Å². The van der Waals surface area contributed by atoms with Crippen molar-refractivity contribution >= 4 is 28.8 Å². The summed E-state index contributed by atoms with van der Waals surface area (Å²) in [4.78, 5) is 22.4. The van der Waals surface area contributed by atoms with E-state index in [0.717, 1.165) is 63.7 Å². The highest BCUT2D eigenvalue weighted by atomic mass is 32.1. The first-order valence-corrected chi connectivity index (χ1v) is 11.1. The summed E-state index contributed by atoms with van der Waals surface area (Å²) < 4.78 is 0. The molecule has 0 spiro atoms. The van der Waals surface area contributed by atoms with Crippen molar-refractivity contribution in [2.45, 2.75) is 51.0 Å². The van der Waals surface area contributed by atoms with Gasteiger partial charge in [-0.05, 0) is 55.7 Å². The second-order valence-electron chi connectivity index (χ2n) is 7.94. The van der Waals surface area contributed by atoms with E-state index in [-0.39, 0.29) is 11.9 Å². The Morgan fingerprint density at radius 2 is 2.21 bits per heavy atom. The number of carbonyl (C=O) groups excluding carboxylic acids is 1. The van der Waals surface area contributed by atoms with Gasteiger partial charge in [0, 0.05) is 19.1 Å². The lowest BCUT2D eigenvalue weighted by molar-refractivity contribution is 0.0934. The zero-order valence-corrected chi connectivity index (χ0v) is 17.4. The van der Waals surface area contributed by atoms with Crippen LogP contribution in [0.1, 0.15) is 58.9 Å². The number of amides is 1. The number of tetrazole rings is 1. The quantitative estimate of drug-likeness (QED) is 0.781. The molecule has 8 nitrogen and oxygen atoms in total. The minimum absolute atomic E-state index is 0.0335. The summed E-state index contributed by atoms with van der Waals surface area (Å²) in [6.07, 6.45) is 11.4. The molecule has 5 rings (SSSR count). The van der Waals surface area contributed by atoms with E-state index in [1.807, 2.05) is 0 Å². The van der Waals surface area contributed by atoms with Gasteiger partial charge >= 0.3 is 0 Å². The molecule has 1 amide bonds. The minimum Gasteiger partial charge on any atom is -0.347 e. The summed E-state index contributed by atoms with van der Waals surface area (Å²) in [6, 6.07) is 0.221. The number of aryl methyl sites for hydroxylation is 2. The average Bonchev–Trinajstić information content (AvgIpc) is 3.32. The van der Waals surface area contributed by atoms with E-state index in [4.69, 9.17) is 4.98 Å². The number of thiazole rings is 1. The molecule has 0 saturated heterocycles. The lowest BCUT2D eigenvalue weighted by Gasteiger charge is -2.29. The highest BCUT2D eigenvalue weighted by molar-refractivity contribution is 7.14. The first-order valence-electron chi connectivity index (χ1n) is 10.3. The van der Waals surface area contributed by atoms with Gasteiger partial charge in [0.2, 0.25) is 0 Å². The SMILES string of the molecule is Cn1nnc(N2CCC3=C(C2)c2sc(C(=O)NC4CC=CCC4)nc2CCC3)n1. The van der Waals surface area contributed by atoms with E-state index in [1.54, 1.807) is 18.4 Å². The first-order chi connectivity index (χ1) is 14.2. The number of nitrogens with zero attached hydrogens (tertiary/aromatic N) is 6. The maximum Gasteiger partial charge on any atom is 0.280 e. The molecular formula is C20H25N7OS. The van der Waals surface area contributed by atoms with Crippen LogP contribution < -0.4 is 10.2 Å². The van der Waals surface area contributed by atoms with Crippen molar-refractivity contribution in [3.63, 3.8) is 0 Å². The highest BCUT2D eigenvalue weighted by Gasteiger charge is 2.29. The number of aromatic nitrogens is 5. The molecule has 0 aromatic carbocycles. The molecule has 0 radical (unpaired) electrons. The summed E-state index contributed by atoms with van der Waals surface area (Å²) in [7, 11) is 1.78. The summed E-state index contributed by atoms with van der Waals surface area (Å²) in [5, 5.41) is 16.3. The molecule has 3 aliphatic rings. The third-order valence-electron chi connectivity index (χ3n) is 5.90. The fourth-order valence-electron chi connectivity index (χ4n) is 4.38. The van der Waals surface area contributed by atoms with Crippen molar-refractivity contribution in [3.05, 3.63) is 33.3 Å². The van der Waals surface area contributed by atoms with Crippen LogP contribution in [0.5, 0.6) is 0 Å². The zero-order chi connectivity index (χ0) is 19.8. The number of hydrogen-bond acceptors (Lipinski definition) is 7. The van der Waals surface area contributed by atoms with Crippen LogP contribution >= 0.6 is 11.3 Å². The molecular weight excluding hydrogens is 386 g/mol. The van der Waals surface area contributed by atoms with Gasteiger partial charge in [-0.1, -0.05) is 22.8 Å². The van der Waals surface area contributed by atoms with Crippen LogP contribution in [-0.4, -0.2) is 50.2 Å².